The van der Waals surface area contributed by atoms with E-state index in [-0.39, 0.29) is 17.9 Å². The van der Waals surface area contributed by atoms with Crippen molar-refractivity contribution in [1.82, 2.24) is 10.2 Å². The van der Waals surface area contributed by atoms with Crippen LogP contribution in [0.5, 0.6) is 5.75 Å². The van der Waals surface area contributed by atoms with Crippen molar-refractivity contribution in [3.8, 4) is 5.75 Å². The van der Waals surface area contributed by atoms with Gasteiger partial charge in [0.15, 0.2) is 0 Å². The smallest absolute Gasteiger partial charge is 0.265 e. The molecule has 1 aliphatic rings. The van der Waals surface area contributed by atoms with Crippen LogP contribution in [-0.2, 0) is 0 Å². The summed E-state index contributed by atoms with van der Waals surface area (Å²) in [6, 6.07) is 18.8. The zero-order valence-electron chi connectivity index (χ0n) is 18.8. The van der Waals surface area contributed by atoms with Crippen LogP contribution < -0.4 is 15.4 Å². The summed E-state index contributed by atoms with van der Waals surface area (Å²) >= 11 is 1.39. The van der Waals surface area contributed by atoms with E-state index >= 15 is 0 Å². The molecular weight excluding hydrogens is 434 g/mol. The van der Waals surface area contributed by atoms with Gasteiger partial charge in [0.2, 0.25) is 0 Å². The Balaban J connectivity index is 1.39. The van der Waals surface area contributed by atoms with Gasteiger partial charge in [-0.05, 0) is 79.3 Å². The molecule has 0 aliphatic carbocycles. The third-order valence-electron chi connectivity index (χ3n) is 5.94. The summed E-state index contributed by atoms with van der Waals surface area (Å²) in [7, 11) is 1.66. The second kappa shape index (κ2) is 11.1. The second-order valence-corrected chi connectivity index (χ2v) is 9.05. The summed E-state index contributed by atoms with van der Waals surface area (Å²) in [6.45, 7) is 2.60. The summed E-state index contributed by atoms with van der Waals surface area (Å²) in [5.74, 6) is 0.555. The zero-order chi connectivity index (χ0) is 23.0. The fraction of sp³-hybridized carbons (Fsp3) is 0.308. The first-order valence-corrected chi connectivity index (χ1v) is 12.1. The number of hydrogen-bond donors (Lipinski definition) is 2. The Bertz CT molecular complexity index is 1040. The van der Waals surface area contributed by atoms with Crippen LogP contribution in [0.3, 0.4) is 0 Å². The van der Waals surface area contributed by atoms with Crippen LogP contribution in [0.4, 0.5) is 5.69 Å². The lowest BCUT2D eigenvalue weighted by molar-refractivity contribution is 0.0924. The first-order valence-electron chi connectivity index (χ1n) is 11.2. The van der Waals surface area contributed by atoms with Gasteiger partial charge in [-0.2, -0.15) is 0 Å². The van der Waals surface area contributed by atoms with E-state index in [1.54, 1.807) is 37.4 Å². The van der Waals surface area contributed by atoms with Crippen molar-refractivity contribution in [3.63, 3.8) is 0 Å². The molecule has 2 N–H and O–H groups in total. The molecule has 33 heavy (non-hydrogen) atoms. The minimum Gasteiger partial charge on any atom is -0.497 e. The summed E-state index contributed by atoms with van der Waals surface area (Å²) in [5, 5.41) is 7.83. The van der Waals surface area contributed by atoms with Crippen LogP contribution in [-0.4, -0.2) is 43.5 Å². The SMILES string of the molecule is COc1ccc(C(CNC(=O)c2ccc(NC(=O)c3cccs3)cc2)N2CCCCC2)cc1. The molecule has 0 radical (unpaired) electrons. The number of nitrogens with zero attached hydrogens (tertiary/aromatic N) is 1. The number of anilines is 1. The number of thiophene rings is 1. The molecular formula is C26H29N3O3S. The number of hydrogen-bond acceptors (Lipinski definition) is 5. The van der Waals surface area contributed by atoms with Crippen LogP contribution in [0, 0.1) is 0 Å². The van der Waals surface area contributed by atoms with Crippen LogP contribution in [0.2, 0.25) is 0 Å². The number of carbonyl (C=O) groups excluding carboxylic acids is 2. The van der Waals surface area contributed by atoms with Gasteiger partial charge in [-0.1, -0.05) is 24.6 Å². The molecule has 0 bridgehead atoms. The number of ether oxygens (including phenoxy) is 1. The van der Waals surface area contributed by atoms with E-state index in [4.69, 9.17) is 4.74 Å². The third kappa shape index (κ3) is 6.00. The number of carbonyl (C=O) groups is 2. The topological polar surface area (TPSA) is 70.7 Å². The standard InChI is InChI=1S/C26H29N3O3S/c1-32-22-13-9-19(10-14-22)23(29-15-3-2-4-16-29)18-27-25(30)20-7-11-21(12-8-20)28-26(31)24-6-5-17-33-24/h5-14,17,23H,2-4,15-16,18H2,1H3,(H,27,30)(H,28,31). The molecule has 6 nitrogen and oxygen atoms in total. The van der Waals surface area contributed by atoms with Crippen molar-refractivity contribution in [1.29, 1.82) is 0 Å². The van der Waals surface area contributed by atoms with Gasteiger partial charge in [0.1, 0.15) is 5.75 Å². The molecule has 1 saturated heterocycles. The fourth-order valence-corrected chi connectivity index (χ4v) is 4.73. The van der Waals surface area contributed by atoms with Crippen molar-refractivity contribution in [2.45, 2.75) is 25.3 Å². The highest BCUT2D eigenvalue weighted by Crippen LogP contribution is 2.26. The Morgan fingerprint density at radius 3 is 2.33 bits per heavy atom. The van der Waals surface area contributed by atoms with Crippen molar-refractivity contribution >= 4 is 28.8 Å². The number of benzene rings is 2. The Labute approximate surface area is 198 Å². The number of rotatable bonds is 8. The van der Waals surface area contributed by atoms with Crippen molar-refractivity contribution in [2.75, 3.05) is 32.1 Å². The van der Waals surface area contributed by atoms with Crippen LogP contribution in [0.1, 0.15) is 50.9 Å². The molecule has 172 valence electrons. The van der Waals surface area contributed by atoms with Gasteiger partial charge in [0, 0.05) is 17.8 Å². The van der Waals surface area contributed by atoms with Crippen LogP contribution in [0.15, 0.2) is 66.0 Å². The number of amides is 2. The molecule has 7 heteroatoms. The number of methoxy groups -OCH3 is 1. The van der Waals surface area contributed by atoms with Gasteiger partial charge in [0.05, 0.1) is 18.0 Å². The second-order valence-electron chi connectivity index (χ2n) is 8.10. The van der Waals surface area contributed by atoms with E-state index < -0.39 is 0 Å². The minimum atomic E-state index is -0.147. The first kappa shape index (κ1) is 23.0. The molecule has 1 fully saturated rings. The summed E-state index contributed by atoms with van der Waals surface area (Å²) in [4.78, 5) is 28.2. The first-order chi connectivity index (χ1) is 16.1. The van der Waals surface area contributed by atoms with Crippen molar-refractivity contribution in [2.24, 2.45) is 0 Å². The molecule has 2 amide bonds. The maximum absolute atomic E-state index is 12.8. The van der Waals surface area contributed by atoms with E-state index in [0.717, 1.165) is 18.8 Å². The normalized spacial score (nSPS) is 14.9. The van der Waals surface area contributed by atoms with Crippen molar-refractivity contribution < 1.29 is 14.3 Å². The largest absolute Gasteiger partial charge is 0.497 e. The lowest BCUT2D eigenvalue weighted by Gasteiger charge is -2.35. The molecule has 0 spiro atoms. The molecule has 2 heterocycles. The molecule has 0 saturated carbocycles. The average Bonchev–Trinajstić information content (AvgIpc) is 3.41. The highest BCUT2D eigenvalue weighted by atomic mass is 32.1. The van der Waals surface area contributed by atoms with E-state index in [2.05, 4.69) is 27.7 Å². The minimum absolute atomic E-state index is 0.115. The Morgan fingerprint density at radius 1 is 0.970 bits per heavy atom. The lowest BCUT2D eigenvalue weighted by atomic mass is 10.0. The Kier molecular flexibility index (Phi) is 7.75. The van der Waals surface area contributed by atoms with Gasteiger partial charge in [-0.3, -0.25) is 14.5 Å². The number of piperidine rings is 1. The molecule has 2 aromatic carbocycles. The number of likely N-dealkylation sites (tertiary alicyclic amines) is 1. The molecule has 4 rings (SSSR count). The quantitative estimate of drug-likeness (QED) is 0.495. The van der Waals surface area contributed by atoms with E-state index in [9.17, 15) is 9.59 Å². The predicted molar refractivity (Wildman–Crippen MR) is 132 cm³/mol. The molecule has 1 aliphatic heterocycles. The maximum Gasteiger partial charge on any atom is 0.265 e. The molecule has 1 atom stereocenters. The molecule has 1 aromatic heterocycles. The summed E-state index contributed by atoms with van der Waals surface area (Å²) in [5.41, 5.74) is 2.40. The van der Waals surface area contributed by atoms with E-state index in [1.165, 1.54) is 36.2 Å². The number of nitrogens with one attached hydrogen (secondary N) is 2. The van der Waals surface area contributed by atoms with Crippen LogP contribution >= 0.6 is 11.3 Å². The van der Waals surface area contributed by atoms with Gasteiger partial charge in [0.25, 0.3) is 11.8 Å². The van der Waals surface area contributed by atoms with Crippen LogP contribution in [0.25, 0.3) is 0 Å². The van der Waals surface area contributed by atoms with Crippen molar-refractivity contribution in [3.05, 3.63) is 82.0 Å². The predicted octanol–water partition coefficient (Wildman–Crippen LogP) is 4.97. The summed E-state index contributed by atoms with van der Waals surface area (Å²) < 4.78 is 5.30. The van der Waals surface area contributed by atoms with Gasteiger partial charge < -0.3 is 15.4 Å². The van der Waals surface area contributed by atoms with E-state index in [0.29, 0.717) is 22.7 Å². The Hall–Kier alpha value is -3.16. The third-order valence-corrected chi connectivity index (χ3v) is 6.81. The highest BCUT2D eigenvalue weighted by Gasteiger charge is 2.23. The Morgan fingerprint density at radius 2 is 1.70 bits per heavy atom. The lowest BCUT2D eigenvalue weighted by Crippen LogP contribution is -2.40. The zero-order valence-corrected chi connectivity index (χ0v) is 19.6. The van der Waals surface area contributed by atoms with Gasteiger partial charge >= 0.3 is 0 Å². The summed E-state index contributed by atoms with van der Waals surface area (Å²) in [6.07, 6.45) is 3.62. The molecule has 1 unspecified atom stereocenters. The van der Waals surface area contributed by atoms with Gasteiger partial charge in [-0.15, -0.1) is 11.3 Å². The molecule has 3 aromatic rings. The monoisotopic (exact) mass is 463 g/mol. The maximum atomic E-state index is 12.8. The van der Waals surface area contributed by atoms with E-state index in [1.807, 2.05) is 23.6 Å². The average molecular weight is 464 g/mol. The highest BCUT2D eigenvalue weighted by molar-refractivity contribution is 7.12. The fourth-order valence-electron chi connectivity index (χ4n) is 4.11. The van der Waals surface area contributed by atoms with Gasteiger partial charge in [-0.25, -0.2) is 0 Å².